The molecule has 1 aromatic carbocycles. The SMILES string of the molecule is Cc1c(C(=O)N2CCCC(N3CCc4ccccc4C3)C2)cnc2ccnn12. The zero-order valence-electron chi connectivity index (χ0n) is 16.2. The molecule has 28 heavy (non-hydrogen) atoms. The fourth-order valence-corrected chi connectivity index (χ4v) is 4.64. The monoisotopic (exact) mass is 375 g/mol. The average Bonchev–Trinajstić information content (AvgIpc) is 3.23. The molecule has 1 saturated heterocycles. The van der Waals surface area contributed by atoms with Gasteiger partial charge in [-0.25, -0.2) is 9.50 Å². The van der Waals surface area contributed by atoms with Gasteiger partial charge in [0.05, 0.1) is 17.5 Å². The van der Waals surface area contributed by atoms with Gasteiger partial charge in [0, 0.05) is 44.5 Å². The molecule has 0 spiro atoms. The highest BCUT2D eigenvalue weighted by Crippen LogP contribution is 2.25. The van der Waals surface area contributed by atoms with E-state index in [1.165, 1.54) is 11.1 Å². The molecule has 0 N–H and O–H groups in total. The third-order valence-corrected chi connectivity index (χ3v) is 6.25. The summed E-state index contributed by atoms with van der Waals surface area (Å²) < 4.78 is 1.75. The quantitative estimate of drug-likeness (QED) is 0.691. The number of nitrogens with zero attached hydrogens (tertiary/aromatic N) is 5. The standard InChI is InChI=1S/C22H25N5O/c1-16-20(13-23-21-8-10-24-27(16)21)22(28)26-11-4-7-19(15-26)25-12-9-17-5-2-3-6-18(17)14-25/h2-3,5-6,8,10,13,19H,4,7,9,11-12,14-15H2,1H3. The van der Waals surface area contributed by atoms with Gasteiger partial charge < -0.3 is 4.90 Å². The summed E-state index contributed by atoms with van der Waals surface area (Å²) in [5.74, 6) is 0.0736. The number of likely N-dealkylation sites (tertiary alicyclic amines) is 1. The van der Waals surface area contributed by atoms with Crippen molar-refractivity contribution in [3.05, 3.63) is 65.1 Å². The number of piperidine rings is 1. The Hall–Kier alpha value is -2.73. The lowest BCUT2D eigenvalue weighted by atomic mass is 9.96. The van der Waals surface area contributed by atoms with Crippen molar-refractivity contribution in [2.75, 3.05) is 19.6 Å². The van der Waals surface area contributed by atoms with Gasteiger partial charge >= 0.3 is 0 Å². The van der Waals surface area contributed by atoms with Crippen LogP contribution in [0.25, 0.3) is 5.65 Å². The number of aromatic nitrogens is 3. The molecule has 4 heterocycles. The maximum absolute atomic E-state index is 13.2. The number of benzene rings is 1. The Labute approximate surface area is 164 Å². The van der Waals surface area contributed by atoms with Crippen LogP contribution in [-0.2, 0) is 13.0 Å². The summed E-state index contributed by atoms with van der Waals surface area (Å²) in [7, 11) is 0. The van der Waals surface area contributed by atoms with Crippen molar-refractivity contribution in [3.8, 4) is 0 Å². The second-order valence-corrected chi connectivity index (χ2v) is 7.89. The van der Waals surface area contributed by atoms with Gasteiger partial charge in [0.1, 0.15) is 0 Å². The van der Waals surface area contributed by atoms with Crippen LogP contribution in [0.4, 0.5) is 0 Å². The summed E-state index contributed by atoms with van der Waals surface area (Å²) in [6.45, 7) is 5.61. The minimum atomic E-state index is 0.0736. The molecule has 144 valence electrons. The van der Waals surface area contributed by atoms with Crippen molar-refractivity contribution in [2.24, 2.45) is 0 Å². The van der Waals surface area contributed by atoms with Gasteiger partial charge in [-0.2, -0.15) is 5.10 Å². The fraction of sp³-hybridized carbons (Fsp3) is 0.409. The van der Waals surface area contributed by atoms with Crippen molar-refractivity contribution < 1.29 is 4.79 Å². The van der Waals surface area contributed by atoms with E-state index in [0.717, 1.165) is 56.8 Å². The number of rotatable bonds is 2. The number of carbonyl (C=O) groups is 1. The fourth-order valence-electron chi connectivity index (χ4n) is 4.64. The minimum Gasteiger partial charge on any atom is -0.337 e. The molecular weight excluding hydrogens is 350 g/mol. The van der Waals surface area contributed by atoms with E-state index in [1.807, 2.05) is 17.9 Å². The van der Waals surface area contributed by atoms with Crippen LogP contribution in [0.1, 0.15) is 40.0 Å². The molecule has 0 aliphatic carbocycles. The third kappa shape index (κ3) is 2.98. The molecule has 1 unspecified atom stereocenters. The van der Waals surface area contributed by atoms with E-state index in [1.54, 1.807) is 16.9 Å². The summed E-state index contributed by atoms with van der Waals surface area (Å²) in [6.07, 6.45) is 6.72. The van der Waals surface area contributed by atoms with Crippen LogP contribution in [-0.4, -0.2) is 56.0 Å². The third-order valence-electron chi connectivity index (χ3n) is 6.25. The number of hydrogen-bond donors (Lipinski definition) is 0. The van der Waals surface area contributed by atoms with Crippen LogP contribution in [0.5, 0.6) is 0 Å². The molecule has 2 aliphatic heterocycles. The number of amides is 1. The molecule has 1 fully saturated rings. The first-order valence-corrected chi connectivity index (χ1v) is 10.1. The van der Waals surface area contributed by atoms with E-state index in [-0.39, 0.29) is 5.91 Å². The molecule has 6 heteroatoms. The van der Waals surface area contributed by atoms with Crippen LogP contribution in [0.2, 0.25) is 0 Å². The average molecular weight is 375 g/mol. The van der Waals surface area contributed by atoms with E-state index in [9.17, 15) is 4.79 Å². The van der Waals surface area contributed by atoms with E-state index in [4.69, 9.17) is 0 Å². The van der Waals surface area contributed by atoms with E-state index in [0.29, 0.717) is 11.6 Å². The highest BCUT2D eigenvalue weighted by atomic mass is 16.2. The van der Waals surface area contributed by atoms with Gasteiger partial charge in [-0.1, -0.05) is 24.3 Å². The highest BCUT2D eigenvalue weighted by Gasteiger charge is 2.31. The Balaban J connectivity index is 1.34. The first-order valence-electron chi connectivity index (χ1n) is 10.1. The summed E-state index contributed by atoms with van der Waals surface area (Å²) >= 11 is 0. The molecule has 6 nitrogen and oxygen atoms in total. The second-order valence-electron chi connectivity index (χ2n) is 7.89. The van der Waals surface area contributed by atoms with Gasteiger partial charge in [-0.3, -0.25) is 9.69 Å². The lowest BCUT2D eigenvalue weighted by Crippen LogP contribution is -2.51. The Kier molecular flexibility index (Phi) is 4.36. The van der Waals surface area contributed by atoms with Crippen molar-refractivity contribution in [2.45, 2.75) is 38.8 Å². The molecule has 3 aromatic rings. The largest absolute Gasteiger partial charge is 0.337 e. The maximum atomic E-state index is 13.2. The van der Waals surface area contributed by atoms with Gasteiger partial charge in [0.25, 0.3) is 5.91 Å². The first-order chi connectivity index (χ1) is 13.7. The van der Waals surface area contributed by atoms with Gasteiger partial charge in [0.15, 0.2) is 5.65 Å². The highest BCUT2D eigenvalue weighted by molar-refractivity contribution is 5.95. The summed E-state index contributed by atoms with van der Waals surface area (Å²) in [5, 5.41) is 4.29. The Morgan fingerprint density at radius 1 is 1.14 bits per heavy atom. The number of hydrogen-bond acceptors (Lipinski definition) is 4. The lowest BCUT2D eigenvalue weighted by Gasteiger charge is -2.41. The summed E-state index contributed by atoms with van der Waals surface area (Å²) in [6, 6.07) is 11.0. The second kappa shape index (κ2) is 7.02. The van der Waals surface area contributed by atoms with Crippen molar-refractivity contribution >= 4 is 11.6 Å². The molecule has 1 atom stereocenters. The zero-order valence-corrected chi connectivity index (χ0v) is 16.2. The molecule has 5 rings (SSSR count). The molecule has 0 bridgehead atoms. The normalized spacial score (nSPS) is 20.3. The van der Waals surface area contributed by atoms with Crippen LogP contribution < -0.4 is 0 Å². The molecule has 2 aromatic heterocycles. The maximum Gasteiger partial charge on any atom is 0.257 e. The Bertz CT molecular complexity index is 1030. The zero-order chi connectivity index (χ0) is 19.1. The molecule has 1 amide bonds. The van der Waals surface area contributed by atoms with E-state index < -0.39 is 0 Å². The Morgan fingerprint density at radius 2 is 2.00 bits per heavy atom. The van der Waals surface area contributed by atoms with Crippen LogP contribution in [0, 0.1) is 6.92 Å². The molecule has 0 radical (unpaired) electrons. The summed E-state index contributed by atoms with van der Waals surface area (Å²) in [4.78, 5) is 22.2. The van der Waals surface area contributed by atoms with Gasteiger partial charge in [0.2, 0.25) is 0 Å². The van der Waals surface area contributed by atoms with Crippen molar-refractivity contribution in [1.82, 2.24) is 24.4 Å². The van der Waals surface area contributed by atoms with E-state index in [2.05, 4.69) is 39.2 Å². The summed E-state index contributed by atoms with van der Waals surface area (Å²) in [5.41, 5.74) is 5.19. The first kappa shape index (κ1) is 17.4. The van der Waals surface area contributed by atoms with E-state index >= 15 is 0 Å². The minimum absolute atomic E-state index is 0.0736. The number of carbonyl (C=O) groups excluding carboxylic acids is 1. The number of aryl methyl sites for hydroxylation is 1. The molecule has 0 saturated carbocycles. The smallest absolute Gasteiger partial charge is 0.257 e. The number of fused-ring (bicyclic) bond motifs is 2. The van der Waals surface area contributed by atoms with Gasteiger partial charge in [-0.15, -0.1) is 0 Å². The topological polar surface area (TPSA) is 53.7 Å². The lowest BCUT2D eigenvalue weighted by molar-refractivity contribution is 0.0547. The van der Waals surface area contributed by atoms with Crippen LogP contribution in [0.15, 0.2) is 42.7 Å². The molecule has 2 aliphatic rings. The Morgan fingerprint density at radius 3 is 2.89 bits per heavy atom. The predicted molar refractivity (Wildman–Crippen MR) is 107 cm³/mol. The molecular formula is C22H25N5O. The van der Waals surface area contributed by atoms with Crippen LogP contribution >= 0.6 is 0 Å². The predicted octanol–water partition coefficient (Wildman–Crippen LogP) is 2.70. The van der Waals surface area contributed by atoms with Crippen molar-refractivity contribution in [3.63, 3.8) is 0 Å². The van der Waals surface area contributed by atoms with Crippen LogP contribution in [0.3, 0.4) is 0 Å². The van der Waals surface area contributed by atoms with Crippen molar-refractivity contribution in [1.29, 1.82) is 0 Å². The van der Waals surface area contributed by atoms with Gasteiger partial charge in [-0.05, 0) is 37.3 Å².